The highest BCUT2D eigenvalue weighted by atomic mass is 35.5. The molecule has 19 heavy (non-hydrogen) atoms. The summed E-state index contributed by atoms with van der Waals surface area (Å²) in [6, 6.07) is 15.7. The van der Waals surface area contributed by atoms with E-state index in [4.69, 9.17) is 21.4 Å². The third kappa shape index (κ3) is 3.36. The van der Waals surface area contributed by atoms with Gasteiger partial charge in [-0.3, -0.25) is 0 Å². The van der Waals surface area contributed by atoms with Crippen LogP contribution < -0.4 is 4.74 Å². The maximum Gasteiger partial charge on any atom is 0.339 e. The second-order valence-corrected chi connectivity index (χ2v) is 4.16. The van der Waals surface area contributed by atoms with Crippen LogP contribution in [0.1, 0.15) is 15.9 Å². The standard InChI is InChI=1S/C15H11ClO3/c16-13(11-6-2-1-3-7-11)10-19-14-9-5-4-8-12(14)15(17)18/h1-10H,(H,17,18)/b13-10+. The number of carbonyl (C=O) groups is 1. The summed E-state index contributed by atoms with van der Waals surface area (Å²) in [6.07, 6.45) is 1.33. The molecule has 0 heterocycles. The molecule has 0 aliphatic heterocycles. The monoisotopic (exact) mass is 274 g/mol. The Bertz CT molecular complexity index is 606. The van der Waals surface area contributed by atoms with Gasteiger partial charge in [-0.15, -0.1) is 0 Å². The van der Waals surface area contributed by atoms with Gasteiger partial charge in [0.1, 0.15) is 17.6 Å². The summed E-state index contributed by atoms with van der Waals surface area (Å²) in [4.78, 5) is 11.0. The maximum atomic E-state index is 11.0. The lowest BCUT2D eigenvalue weighted by Crippen LogP contribution is -1.99. The zero-order chi connectivity index (χ0) is 13.7. The highest BCUT2D eigenvalue weighted by Crippen LogP contribution is 2.22. The molecular weight excluding hydrogens is 264 g/mol. The molecule has 0 saturated heterocycles. The minimum absolute atomic E-state index is 0.0938. The Kier molecular flexibility index (Phi) is 4.21. The summed E-state index contributed by atoms with van der Waals surface area (Å²) in [5, 5.41) is 9.42. The van der Waals surface area contributed by atoms with Crippen LogP contribution in [0.2, 0.25) is 0 Å². The molecule has 0 spiro atoms. The highest BCUT2D eigenvalue weighted by Gasteiger charge is 2.09. The van der Waals surface area contributed by atoms with Crippen molar-refractivity contribution in [3.63, 3.8) is 0 Å². The van der Waals surface area contributed by atoms with Crippen molar-refractivity contribution < 1.29 is 14.6 Å². The van der Waals surface area contributed by atoms with Crippen molar-refractivity contribution in [1.82, 2.24) is 0 Å². The van der Waals surface area contributed by atoms with Crippen molar-refractivity contribution in [3.05, 3.63) is 72.0 Å². The highest BCUT2D eigenvalue weighted by molar-refractivity contribution is 6.48. The van der Waals surface area contributed by atoms with E-state index < -0.39 is 5.97 Å². The predicted octanol–water partition coefficient (Wildman–Crippen LogP) is 4.00. The Morgan fingerprint density at radius 2 is 1.68 bits per heavy atom. The van der Waals surface area contributed by atoms with Crippen molar-refractivity contribution in [3.8, 4) is 5.75 Å². The Labute approximate surface area is 115 Å². The van der Waals surface area contributed by atoms with Gasteiger partial charge in [0.2, 0.25) is 0 Å². The normalized spacial score (nSPS) is 11.1. The fourth-order valence-corrected chi connectivity index (χ4v) is 1.70. The van der Waals surface area contributed by atoms with Gasteiger partial charge in [-0.2, -0.15) is 0 Å². The third-order valence-corrected chi connectivity index (χ3v) is 2.76. The lowest BCUT2D eigenvalue weighted by molar-refractivity contribution is 0.0694. The van der Waals surface area contributed by atoms with Crippen LogP contribution in [0.3, 0.4) is 0 Å². The summed E-state index contributed by atoms with van der Waals surface area (Å²) < 4.78 is 5.34. The predicted molar refractivity (Wildman–Crippen MR) is 74.3 cm³/mol. The smallest absolute Gasteiger partial charge is 0.339 e. The molecule has 0 unspecified atom stereocenters. The average Bonchev–Trinajstić information content (AvgIpc) is 2.46. The van der Waals surface area contributed by atoms with Crippen LogP contribution in [0.25, 0.3) is 5.03 Å². The van der Waals surface area contributed by atoms with Crippen LogP contribution in [-0.4, -0.2) is 11.1 Å². The molecular formula is C15H11ClO3. The molecule has 2 aromatic carbocycles. The van der Waals surface area contributed by atoms with E-state index >= 15 is 0 Å². The van der Waals surface area contributed by atoms with Crippen LogP contribution >= 0.6 is 11.6 Å². The summed E-state index contributed by atoms with van der Waals surface area (Å²) in [5.74, 6) is -0.788. The van der Waals surface area contributed by atoms with Gasteiger partial charge in [-0.25, -0.2) is 4.79 Å². The topological polar surface area (TPSA) is 46.5 Å². The number of para-hydroxylation sites is 1. The van der Waals surface area contributed by atoms with E-state index in [0.717, 1.165) is 5.56 Å². The molecule has 0 fully saturated rings. The largest absolute Gasteiger partial charge is 0.478 e. The molecule has 2 aromatic rings. The van der Waals surface area contributed by atoms with Crippen LogP contribution in [0.5, 0.6) is 5.75 Å². The van der Waals surface area contributed by atoms with Gasteiger partial charge in [0.05, 0.1) is 5.03 Å². The number of rotatable bonds is 4. The number of carboxylic acid groups (broad SMARTS) is 1. The molecule has 0 radical (unpaired) electrons. The van der Waals surface area contributed by atoms with E-state index in [1.165, 1.54) is 12.3 Å². The molecule has 0 atom stereocenters. The molecule has 0 saturated carbocycles. The first-order chi connectivity index (χ1) is 9.18. The number of hydrogen-bond donors (Lipinski definition) is 1. The Balaban J connectivity index is 2.21. The van der Waals surface area contributed by atoms with Crippen LogP contribution in [-0.2, 0) is 0 Å². The Hall–Kier alpha value is -2.26. The van der Waals surface area contributed by atoms with Crippen molar-refractivity contribution >= 4 is 22.6 Å². The molecule has 0 amide bonds. The van der Waals surface area contributed by atoms with E-state index in [2.05, 4.69) is 0 Å². The van der Waals surface area contributed by atoms with E-state index in [-0.39, 0.29) is 11.3 Å². The minimum Gasteiger partial charge on any atom is -0.478 e. The summed E-state index contributed by atoms with van der Waals surface area (Å²) >= 11 is 6.08. The van der Waals surface area contributed by atoms with Crippen molar-refractivity contribution in [2.45, 2.75) is 0 Å². The zero-order valence-corrected chi connectivity index (χ0v) is 10.7. The van der Waals surface area contributed by atoms with E-state index in [1.807, 2.05) is 30.3 Å². The van der Waals surface area contributed by atoms with Gasteiger partial charge in [0.15, 0.2) is 0 Å². The first kappa shape index (κ1) is 13.2. The number of benzene rings is 2. The number of ether oxygens (including phenoxy) is 1. The SMILES string of the molecule is O=C(O)c1ccccc1O/C=C(/Cl)c1ccccc1. The molecule has 2 rings (SSSR count). The van der Waals surface area contributed by atoms with E-state index in [0.29, 0.717) is 5.03 Å². The minimum atomic E-state index is -1.04. The van der Waals surface area contributed by atoms with Gasteiger partial charge >= 0.3 is 5.97 Å². The van der Waals surface area contributed by atoms with Gasteiger partial charge in [-0.05, 0) is 17.7 Å². The lowest BCUT2D eigenvalue weighted by Gasteiger charge is -2.05. The number of aromatic carboxylic acids is 1. The molecule has 0 aromatic heterocycles. The average molecular weight is 275 g/mol. The number of halogens is 1. The zero-order valence-electron chi connectivity index (χ0n) is 9.92. The molecule has 0 aliphatic rings. The first-order valence-electron chi connectivity index (χ1n) is 5.58. The Morgan fingerprint density at radius 1 is 1.05 bits per heavy atom. The number of hydrogen-bond acceptors (Lipinski definition) is 2. The van der Waals surface area contributed by atoms with Crippen molar-refractivity contribution in [2.75, 3.05) is 0 Å². The van der Waals surface area contributed by atoms with Gasteiger partial charge in [-0.1, -0.05) is 54.1 Å². The second-order valence-electron chi connectivity index (χ2n) is 3.75. The Morgan fingerprint density at radius 3 is 2.37 bits per heavy atom. The quantitative estimate of drug-likeness (QED) is 0.857. The second kappa shape index (κ2) is 6.07. The van der Waals surface area contributed by atoms with Crippen LogP contribution in [0, 0.1) is 0 Å². The molecule has 0 bridgehead atoms. The molecule has 96 valence electrons. The molecule has 1 N–H and O–H groups in total. The summed E-state index contributed by atoms with van der Waals surface area (Å²) in [5.41, 5.74) is 0.897. The van der Waals surface area contributed by atoms with Gasteiger partial charge in [0, 0.05) is 0 Å². The first-order valence-corrected chi connectivity index (χ1v) is 5.96. The van der Waals surface area contributed by atoms with Crippen LogP contribution in [0.4, 0.5) is 0 Å². The van der Waals surface area contributed by atoms with Gasteiger partial charge in [0.25, 0.3) is 0 Å². The number of carboxylic acids is 1. The third-order valence-electron chi connectivity index (χ3n) is 2.46. The summed E-state index contributed by atoms with van der Waals surface area (Å²) in [7, 11) is 0. The lowest BCUT2D eigenvalue weighted by atomic mass is 10.2. The van der Waals surface area contributed by atoms with Crippen molar-refractivity contribution in [1.29, 1.82) is 0 Å². The molecule has 0 aliphatic carbocycles. The maximum absolute atomic E-state index is 11.0. The fourth-order valence-electron chi connectivity index (χ4n) is 1.53. The van der Waals surface area contributed by atoms with E-state index in [1.54, 1.807) is 18.2 Å². The van der Waals surface area contributed by atoms with Crippen LogP contribution in [0.15, 0.2) is 60.9 Å². The molecule has 3 nitrogen and oxygen atoms in total. The molecule has 4 heteroatoms. The fraction of sp³-hybridized carbons (Fsp3) is 0. The van der Waals surface area contributed by atoms with E-state index in [9.17, 15) is 4.79 Å². The van der Waals surface area contributed by atoms with Crippen molar-refractivity contribution in [2.24, 2.45) is 0 Å². The summed E-state index contributed by atoms with van der Waals surface area (Å²) in [6.45, 7) is 0. The van der Waals surface area contributed by atoms with Gasteiger partial charge < -0.3 is 9.84 Å².